The molecule has 3 saturated carbocycles. The molecule has 3 aliphatic rings. The minimum absolute atomic E-state index is 0.00704. The molecule has 6 heteroatoms. The molecule has 1 amide bonds. The van der Waals surface area contributed by atoms with E-state index < -0.39 is 0 Å². The Balaban J connectivity index is 1.25. The molecule has 0 spiro atoms. The zero-order valence-electron chi connectivity index (χ0n) is 15.6. The van der Waals surface area contributed by atoms with Gasteiger partial charge >= 0.3 is 0 Å². The van der Waals surface area contributed by atoms with E-state index in [4.69, 9.17) is 0 Å². The summed E-state index contributed by atoms with van der Waals surface area (Å²) >= 11 is 0. The Morgan fingerprint density at radius 2 is 1.79 bits per heavy atom. The molecule has 1 atom stereocenters. The number of anilines is 2. The van der Waals surface area contributed by atoms with Crippen molar-refractivity contribution in [3.63, 3.8) is 0 Å². The Morgan fingerprint density at radius 3 is 2.54 bits per heavy atom. The molecule has 1 heterocycles. The number of nitrogens with one attached hydrogen (secondary N) is 2. The maximum Gasteiger partial charge on any atom is 0.227 e. The lowest BCUT2D eigenvalue weighted by Crippen LogP contribution is -2.74. The summed E-state index contributed by atoms with van der Waals surface area (Å²) in [4.78, 5) is 21.4. The summed E-state index contributed by atoms with van der Waals surface area (Å²) in [5.74, 6) is 0.453. The number of benzene rings is 2. The van der Waals surface area contributed by atoms with Gasteiger partial charge in [0.05, 0.1) is 5.52 Å². The monoisotopic (exact) mass is 376 g/mol. The van der Waals surface area contributed by atoms with Gasteiger partial charge in [-0.25, -0.2) is 14.4 Å². The van der Waals surface area contributed by atoms with E-state index in [-0.39, 0.29) is 28.6 Å². The van der Waals surface area contributed by atoms with E-state index in [0.717, 1.165) is 36.0 Å². The second-order valence-electron chi connectivity index (χ2n) is 8.26. The smallest absolute Gasteiger partial charge is 0.227 e. The van der Waals surface area contributed by atoms with Crippen LogP contribution in [-0.4, -0.2) is 21.4 Å². The number of rotatable bonds is 5. The molecule has 6 rings (SSSR count). The van der Waals surface area contributed by atoms with E-state index >= 15 is 0 Å². The first-order chi connectivity index (χ1) is 13.5. The van der Waals surface area contributed by atoms with Crippen molar-refractivity contribution in [3.8, 4) is 0 Å². The number of para-hydroxylation sites is 1. The van der Waals surface area contributed by atoms with Gasteiger partial charge in [0.25, 0.3) is 0 Å². The van der Waals surface area contributed by atoms with E-state index in [1.807, 2.05) is 31.2 Å². The van der Waals surface area contributed by atoms with E-state index in [2.05, 4.69) is 20.6 Å². The highest BCUT2D eigenvalue weighted by Gasteiger charge is 2.70. The van der Waals surface area contributed by atoms with Crippen molar-refractivity contribution < 1.29 is 9.18 Å². The van der Waals surface area contributed by atoms with Gasteiger partial charge in [-0.1, -0.05) is 19.1 Å². The number of amides is 1. The molecule has 0 radical (unpaired) electrons. The third-order valence-electron chi connectivity index (χ3n) is 6.42. The van der Waals surface area contributed by atoms with Gasteiger partial charge in [-0.3, -0.25) is 4.79 Å². The quantitative estimate of drug-likeness (QED) is 0.694. The average molecular weight is 376 g/mol. The highest BCUT2D eigenvalue weighted by Crippen LogP contribution is 2.71. The first-order valence-electron chi connectivity index (χ1n) is 9.53. The fraction of sp³-hybridized carbons (Fsp3) is 0.318. The van der Waals surface area contributed by atoms with Crippen molar-refractivity contribution in [2.45, 2.75) is 31.7 Å². The summed E-state index contributed by atoms with van der Waals surface area (Å²) in [6.45, 7) is 1.99. The summed E-state index contributed by atoms with van der Waals surface area (Å²) in [6, 6.07) is 13.8. The third kappa shape index (κ3) is 2.63. The van der Waals surface area contributed by atoms with Crippen LogP contribution in [0.15, 0.2) is 54.9 Å². The molecule has 5 nitrogen and oxygen atoms in total. The summed E-state index contributed by atoms with van der Waals surface area (Å²) in [5.41, 5.74) is 1.63. The van der Waals surface area contributed by atoms with Crippen LogP contribution in [0.1, 0.15) is 26.2 Å². The first kappa shape index (κ1) is 17.1. The maximum atomic E-state index is 13.0. The Hall–Kier alpha value is -3.02. The van der Waals surface area contributed by atoms with Crippen LogP contribution in [0.3, 0.4) is 0 Å². The maximum absolute atomic E-state index is 13.0. The van der Waals surface area contributed by atoms with Gasteiger partial charge in [0.15, 0.2) is 0 Å². The van der Waals surface area contributed by atoms with Crippen LogP contribution in [-0.2, 0) is 4.79 Å². The van der Waals surface area contributed by atoms with E-state index in [9.17, 15) is 9.18 Å². The molecule has 0 aliphatic heterocycles. The minimum Gasteiger partial charge on any atom is -0.364 e. The molecule has 3 fully saturated rings. The van der Waals surface area contributed by atoms with Crippen LogP contribution in [0, 0.1) is 17.2 Å². The number of hydrogen-bond donors (Lipinski definition) is 2. The van der Waals surface area contributed by atoms with E-state index in [1.54, 1.807) is 18.5 Å². The lowest BCUT2D eigenvalue weighted by Gasteiger charge is -2.72. The molecule has 2 N–H and O–H groups in total. The van der Waals surface area contributed by atoms with Crippen molar-refractivity contribution in [2.75, 3.05) is 10.6 Å². The van der Waals surface area contributed by atoms with Gasteiger partial charge in [0.1, 0.15) is 18.0 Å². The predicted octanol–water partition coefficient (Wildman–Crippen LogP) is 4.38. The van der Waals surface area contributed by atoms with Crippen molar-refractivity contribution in [1.82, 2.24) is 9.97 Å². The molecule has 2 aromatic carbocycles. The number of halogens is 1. The Labute approximate surface area is 162 Å². The zero-order valence-corrected chi connectivity index (χ0v) is 15.6. The lowest BCUT2D eigenvalue weighted by molar-refractivity contribution is -0.166. The number of carbonyl (C=O) groups is 1. The van der Waals surface area contributed by atoms with Crippen molar-refractivity contribution in [1.29, 1.82) is 0 Å². The van der Waals surface area contributed by atoms with Gasteiger partial charge in [-0.2, -0.15) is 0 Å². The SMILES string of the molecule is C[C@H](C(=O)Nc1ccc(F)cc1)C12CC(Nc3ncnc4ccccc34)(C1)C2. The molecule has 0 unspecified atom stereocenters. The number of carbonyl (C=O) groups excluding carboxylic acids is 1. The van der Waals surface area contributed by atoms with Crippen molar-refractivity contribution in [3.05, 3.63) is 60.7 Å². The highest BCUT2D eigenvalue weighted by molar-refractivity contribution is 5.93. The normalized spacial score (nSPS) is 26.1. The molecule has 28 heavy (non-hydrogen) atoms. The molecule has 3 aliphatic carbocycles. The average Bonchev–Trinajstić information content (AvgIpc) is 2.65. The second-order valence-corrected chi connectivity index (χ2v) is 8.26. The number of hydrogen-bond acceptors (Lipinski definition) is 4. The standard InChI is InChI=1S/C22H21FN4O/c1-14(20(28)26-16-8-6-15(23)7-9-16)21-10-22(11-21,12-21)27-19-17-4-2-3-5-18(17)24-13-25-19/h2-9,13-14H,10-12H2,1H3,(H,26,28)(H,24,25,27)/t14-,21?,22?/m1/s1. The van der Waals surface area contributed by atoms with E-state index in [0.29, 0.717) is 5.69 Å². The zero-order chi connectivity index (χ0) is 19.4. The molecular formula is C22H21FN4O. The van der Waals surface area contributed by atoms with Gasteiger partial charge in [0.2, 0.25) is 5.91 Å². The van der Waals surface area contributed by atoms with Crippen molar-refractivity contribution >= 4 is 28.3 Å². The molecule has 1 aromatic heterocycles. The van der Waals surface area contributed by atoms with Crippen LogP contribution in [0.25, 0.3) is 10.9 Å². The largest absolute Gasteiger partial charge is 0.364 e. The fourth-order valence-corrected chi connectivity index (χ4v) is 4.88. The molecule has 142 valence electrons. The fourth-order valence-electron chi connectivity index (χ4n) is 4.88. The summed E-state index contributed by atoms with van der Waals surface area (Å²) in [6.07, 6.45) is 4.45. The molecule has 2 bridgehead atoms. The molecule has 0 saturated heterocycles. The molecule has 3 aromatic rings. The summed E-state index contributed by atoms with van der Waals surface area (Å²) in [5, 5.41) is 7.54. The van der Waals surface area contributed by atoms with Crippen LogP contribution < -0.4 is 10.6 Å². The number of aromatic nitrogens is 2. The first-order valence-corrected chi connectivity index (χ1v) is 9.53. The predicted molar refractivity (Wildman–Crippen MR) is 106 cm³/mol. The van der Waals surface area contributed by atoms with E-state index in [1.165, 1.54) is 12.1 Å². The van der Waals surface area contributed by atoms with Gasteiger partial charge in [-0.15, -0.1) is 0 Å². The lowest BCUT2D eigenvalue weighted by atomic mass is 9.36. The second kappa shape index (κ2) is 5.99. The molecular weight excluding hydrogens is 355 g/mol. The van der Waals surface area contributed by atoms with Gasteiger partial charge < -0.3 is 10.6 Å². The summed E-state index contributed by atoms with van der Waals surface area (Å²) in [7, 11) is 0. The van der Waals surface area contributed by atoms with Crippen LogP contribution in [0.2, 0.25) is 0 Å². The summed E-state index contributed by atoms with van der Waals surface area (Å²) < 4.78 is 13.0. The minimum atomic E-state index is -0.310. The number of nitrogens with zero attached hydrogens (tertiary/aromatic N) is 2. The Morgan fingerprint density at radius 1 is 1.07 bits per heavy atom. The van der Waals surface area contributed by atoms with Gasteiger partial charge in [0, 0.05) is 22.5 Å². The van der Waals surface area contributed by atoms with Crippen molar-refractivity contribution in [2.24, 2.45) is 11.3 Å². The van der Waals surface area contributed by atoms with Crippen LogP contribution in [0.5, 0.6) is 0 Å². The topological polar surface area (TPSA) is 66.9 Å². The Kier molecular flexibility index (Phi) is 3.66. The van der Waals surface area contributed by atoms with Gasteiger partial charge in [-0.05, 0) is 61.1 Å². The highest BCUT2D eigenvalue weighted by atomic mass is 19.1. The number of fused-ring (bicyclic) bond motifs is 1. The Bertz CT molecular complexity index is 1040. The third-order valence-corrected chi connectivity index (χ3v) is 6.42. The van der Waals surface area contributed by atoms with Crippen LogP contribution in [0.4, 0.5) is 15.9 Å². The van der Waals surface area contributed by atoms with Crippen LogP contribution >= 0.6 is 0 Å².